The minimum absolute atomic E-state index is 0.0907. The summed E-state index contributed by atoms with van der Waals surface area (Å²) in [7, 11) is 3.28. The Kier molecular flexibility index (Phi) is 5.60. The van der Waals surface area contributed by atoms with E-state index in [1.165, 1.54) is 0 Å². The van der Waals surface area contributed by atoms with Crippen molar-refractivity contribution in [3.8, 4) is 6.07 Å². The molecule has 1 saturated heterocycles. The minimum Gasteiger partial charge on any atom is -0.380 e. The zero-order valence-electron chi connectivity index (χ0n) is 14.0. The van der Waals surface area contributed by atoms with Crippen molar-refractivity contribution in [2.75, 3.05) is 27.2 Å². The van der Waals surface area contributed by atoms with Gasteiger partial charge in [0.1, 0.15) is 5.54 Å². The molecule has 0 bridgehead atoms. The normalized spacial score (nSPS) is 27.3. The maximum Gasteiger partial charge on any atom is 0.237 e. The van der Waals surface area contributed by atoms with Gasteiger partial charge in [-0.25, -0.2) is 0 Å². The van der Waals surface area contributed by atoms with Gasteiger partial charge in [0, 0.05) is 20.7 Å². The molecule has 23 heavy (non-hydrogen) atoms. The Hall–Kier alpha value is -1.65. The maximum absolute atomic E-state index is 12.7. The van der Waals surface area contributed by atoms with Crippen molar-refractivity contribution >= 4 is 11.8 Å². The van der Waals surface area contributed by atoms with E-state index >= 15 is 0 Å². The molecule has 2 N–H and O–H groups in total. The second kappa shape index (κ2) is 7.28. The molecule has 0 aromatic rings. The Balaban J connectivity index is 2.05. The lowest BCUT2D eigenvalue weighted by molar-refractivity contribution is -0.137. The second-order valence-corrected chi connectivity index (χ2v) is 6.60. The van der Waals surface area contributed by atoms with Gasteiger partial charge in [0.2, 0.25) is 11.8 Å². The van der Waals surface area contributed by atoms with Gasteiger partial charge in [0.05, 0.1) is 24.8 Å². The molecular formula is C16H26N4O3. The highest BCUT2D eigenvalue weighted by atomic mass is 16.5. The number of likely N-dealkylation sites (N-methyl/N-ethyl adjacent to an activating group) is 1. The van der Waals surface area contributed by atoms with Crippen LogP contribution in [0.2, 0.25) is 0 Å². The quantitative estimate of drug-likeness (QED) is 0.782. The molecule has 0 aromatic carbocycles. The van der Waals surface area contributed by atoms with Crippen LogP contribution in [0.15, 0.2) is 0 Å². The molecule has 2 amide bonds. The Bertz CT molecular complexity index is 496. The van der Waals surface area contributed by atoms with E-state index in [-0.39, 0.29) is 18.6 Å². The molecule has 2 rings (SSSR count). The highest BCUT2D eigenvalue weighted by Gasteiger charge is 2.41. The zero-order valence-corrected chi connectivity index (χ0v) is 14.0. The number of amides is 2. The topological polar surface area (TPSA) is 99.7 Å². The van der Waals surface area contributed by atoms with Crippen LogP contribution in [0.5, 0.6) is 0 Å². The van der Waals surface area contributed by atoms with Gasteiger partial charge in [-0.2, -0.15) is 5.26 Å². The summed E-state index contributed by atoms with van der Waals surface area (Å²) in [5, 5.41) is 9.59. The van der Waals surface area contributed by atoms with Crippen molar-refractivity contribution < 1.29 is 14.3 Å². The summed E-state index contributed by atoms with van der Waals surface area (Å²) in [6, 6.07) is 1.86. The number of methoxy groups -OCH3 is 1. The number of hydrogen-bond acceptors (Lipinski definition) is 5. The van der Waals surface area contributed by atoms with E-state index in [2.05, 4.69) is 6.07 Å². The fourth-order valence-corrected chi connectivity index (χ4v) is 3.68. The Morgan fingerprint density at radius 3 is 2.57 bits per heavy atom. The third-order valence-electron chi connectivity index (χ3n) is 5.27. The lowest BCUT2D eigenvalue weighted by Crippen LogP contribution is -2.54. The lowest BCUT2D eigenvalue weighted by atomic mass is 9.81. The monoisotopic (exact) mass is 322 g/mol. The number of ether oxygens (including phenoxy) is 1. The predicted octanol–water partition coefficient (Wildman–Crippen LogP) is 0.246. The van der Waals surface area contributed by atoms with Crippen molar-refractivity contribution in [2.24, 2.45) is 5.73 Å². The van der Waals surface area contributed by atoms with Crippen LogP contribution in [-0.2, 0) is 14.3 Å². The number of nitrogens with zero attached hydrogens (tertiary/aromatic N) is 3. The fraction of sp³-hybridized carbons (Fsp3) is 0.812. The van der Waals surface area contributed by atoms with E-state index < -0.39 is 17.5 Å². The minimum atomic E-state index is -0.710. The molecule has 0 spiro atoms. The average molecular weight is 322 g/mol. The van der Waals surface area contributed by atoms with E-state index in [1.807, 2.05) is 0 Å². The SMILES string of the molecule is CO[C@H]1C[C@@H](C(N)=O)N(CC(=O)N(C)C2(C#N)CCCCC2)C1. The fourth-order valence-electron chi connectivity index (χ4n) is 3.68. The summed E-state index contributed by atoms with van der Waals surface area (Å²) in [4.78, 5) is 27.6. The van der Waals surface area contributed by atoms with Crippen molar-refractivity contribution in [1.82, 2.24) is 9.80 Å². The van der Waals surface area contributed by atoms with Gasteiger partial charge in [-0.05, 0) is 19.3 Å². The van der Waals surface area contributed by atoms with Crippen molar-refractivity contribution in [3.05, 3.63) is 0 Å². The number of primary amides is 1. The Labute approximate surface area is 137 Å². The van der Waals surface area contributed by atoms with Gasteiger partial charge in [0.15, 0.2) is 0 Å². The van der Waals surface area contributed by atoms with E-state index in [4.69, 9.17) is 10.5 Å². The molecule has 1 saturated carbocycles. The van der Waals surface area contributed by atoms with Gasteiger partial charge < -0.3 is 15.4 Å². The molecule has 2 fully saturated rings. The first kappa shape index (κ1) is 17.7. The van der Waals surface area contributed by atoms with E-state index in [9.17, 15) is 14.9 Å². The highest BCUT2D eigenvalue weighted by molar-refractivity contribution is 5.83. The van der Waals surface area contributed by atoms with Crippen LogP contribution in [0.4, 0.5) is 0 Å². The number of nitriles is 1. The molecule has 0 radical (unpaired) electrons. The molecule has 2 aliphatic rings. The number of carbonyl (C=O) groups excluding carboxylic acids is 2. The first-order valence-electron chi connectivity index (χ1n) is 8.17. The van der Waals surface area contributed by atoms with Gasteiger partial charge in [-0.15, -0.1) is 0 Å². The average Bonchev–Trinajstić information content (AvgIpc) is 2.98. The highest BCUT2D eigenvalue weighted by Crippen LogP contribution is 2.32. The molecule has 2 atom stereocenters. The number of likely N-dealkylation sites (tertiary alicyclic amines) is 1. The predicted molar refractivity (Wildman–Crippen MR) is 84.2 cm³/mol. The maximum atomic E-state index is 12.7. The van der Waals surface area contributed by atoms with E-state index in [0.29, 0.717) is 25.8 Å². The summed E-state index contributed by atoms with van der Waals surface area (Å²) in [6.45, 7) is 0.594. The first-order valence-corrected chi connectivity index (χ1v) is 8.17. The number of carbonyl (C=O) groups is 2. The summed E-state index contributed by atoms with van der Waals surface area (Å²) in [5.74, 6) is -0.580. The van der Waals surface area contributed by atoms with Crippen molar-refractivity contribution in [1.29, 1.82) is 5.26 Å². The molecule has 1 aliphatic heterocycles. The van der Waals surface area contributed by atoms with Gasteiger partial charge in [-0.3, -0.25) is 14.5 Å². The zero-order chi connectivity index (χ0) is 17.0. The molecule has 0 aromatic heterocycles. The summed E-state index contributed by atoms with van der Waals surface area (Å²) in [6.07, 6.45) is 4.88. The summed E-state index contributed by atoms with van der Waals surface area (Å²) < 4.78 is 5.29. The Morgan fingerprint density at radius 2 is 2.04 bits per heavy atom. The number of rotatable bonds is 5. The number of nitrogens with two attached hydrogens (primary N) is 1. The molecule has 0 unspecified atom stereocenters. The van der Waals surface area contributed by atoms with Crippen LogP contribution >= 0.6 is 0 Å². The molecular weight excluding hydrogens is 296 g/mol. The van der Waals surface area contributed by atoms with Crippen LogP contribution in [0.3, 0.4) is 0 Å². The first-order chi connectivity index (χ1) is 10.9. The van der Waals surface area contributed by atoms with Crippen LogP contribution < -0.4 is 5.73 Å². The largest absolute Gasteiger partial charge is 0.380 e. The third-order valence-corrected chi connectivity index (χ3v) is 5.27. The van der Waals surface area contributed by atoms with Crippen molar-refractivity contribution in [3.63, 3.8) is 0 Å². The molecule has 7 heteroatoms. The molecule has 1 aliphatic carbocycles. The van der Waals surface area contributed by atoms with E-state index in [1.54, 1.807) is 24.0 Å². The molecule has 7 nitrogen and oxygen atoms in total. The standard InChI is InChI=1S/C16H26N4O3/c1-19(16(11-17)6-4-3-5-7-16)14(21)10-20-9-12(23-2)8-13(20)15(18)22/h12-13H,3-10H2,1-2H3,(H2,18,22)/t12-,13-/m0/s1. The van der Waals surface area contributed by atoms with Crippen molar-refractivity contribution in [2.45, 2.75) is 56.2 Å². The van der Waals surface area contributed by atoms with Crippen LogP contribution in [0.1, 0.15) is 38.5 Å². The van der Waals surface area contributed by atoms with Crippen LogP contribution in [0.25, 0.3) is 0 Å². The molecule has 128 valence electrons. The van der Waals surface area contributed by atoms with Crippen LogP contribution in [-0.4, -0.2) is 66.5 Å². The lowest BCUT2D eigenvalue weighted by Gasteiger charge is -2.39. The van der Waals surface area contributed by atoms with Gasteiger partial charge in [-0.1, -0.05) is 19.3 Å². The van der Waals surface area contributed by atoms with E-state index in [0.717, 1.165) is 19.3 Å². The summed E-state index contributed by atoms with van der Waals surface area (Å²) >= 11 is 0. The van der Waals surface area contributed by atoms with Crippen LogP contribution in [0, 0.1) is 11.3 Å². The number of hydrogen-bond donors (Lipinski definition) is 1. The van der Waals surface area contributed by atoms with Gasteiger partial charge >= 0.3 is 0 Å². The third kappa shape index (κ3) is 3.65. The van der Waals surface area contributed by atoms with Gasteiger partial charge in [0.25, 0.3) is 0 Å². The second-order valence-electron chi connectivity index (χ2n) is 6.60. The summed E-state index contributed by atoms with van der Waals surface area (Å²) in [5.41, 5.74) is 4.73. The Morgan fingerprint density at radius 1 is 1.39 bits per heavy atom. The smallest absolute Gasteiger partial charge is 0.237 e. The molecule has 1 heterocycles.